The fraction of sp³-hybridized carbons (Fsp3) is 0.368. The van der Waals surface area contributed by atoms with Crippen LogP contribution >= 0.6 is 0 Å². The Morgan fingerprint density at radius 2 is 1.86 bits per heavy atom. The van der Waals surface area contributed by atoms with Crippen LogP contribution in [-0.4, -0.2) is 6.61 Å². The molecule has 0 amide bonds. The van der Waals surface area contributed by atoms with Gasteiger partial charge in [-0.2, -0.15) is 0 Å². The van der Waals surface area contributed by atoms with Crippen molar-refractivity contribution in [1.82, 2.24) is 0 Å². The van der Waals surface area contributed by atoms with E-state index in [1.54, 1.807) is 0 Å². The molecule has 0 unspecified atom stereocenters. The van der Waals surface area contributed by atoms with Crippen LogP contribution in [0.4, 0.5) is 5.69 Å². The Balaban J connectivity index is 2.02. The second-order valence-electron chi connectivity index (χ2n) is 5.48. The van der Waals surface area contributed by atoms with Gasteiger partial charge in [0.2, 0.25) is 0 Å². The SMILES string of the molecule is CCCCOc1ccccc1CNc1ccc(C)cc1C. The summed E-state index contributed by atoms with van der Waals surface area (Å²) in [6, 6.07) is 14.7. The number of benzene rings is 2. The van der Waals surface area contributed by atoms with Crippen LogP contribution in [0.1, 0.15) is 36.5 Å². The lowest BCUT2D eigenvalue weighted by Crippen LogP contribution is -2.05. The highest BCUT2D eigenvalue weighted by Crippen LogP contribution is 2.22. The molecule has 0 spiro atoms. The molecule has 0 aromatic heterocycles. The Morgan fingerprint density at radius 1 is 1.05 bits per heavy atom. The summed E-state index contributed by atoms with van der Waals surface area (Å²) in [4.78, 5) is 0. The van der Waals surface area contributed by atoms with Crippen LogP contribution in [0.25, 0.3) is 0 Å². The number of aryl methyl sites for hydroxylation is 2. The first-order valence-corrected chi connectivity index (χ1v) is 7.72. The van der Waals surface area contributed by atoms with Gasteiger partial charge < -0.3 is 10.1 Å². The fourth-order valence-electron chi connectivity index (χ4n) is 2.32. The molecule has 2 nitrogen and oxygen atoms in total. The number of rotatable bonds is 7. The standard InChI is InChI=1S/C19H25NO/c1-4-5-12-21-19-9-7-6-8-17(19)14-20-18-11-10-15(2)13-16(18)3/h6-11,13,20H,4-5,12,14H2,1-3H3. The van der Waals surface area contributed by atoms with E-state index in [1.807, 2.05) is 6.07 Å². The minimum Gasteiger partial charge on any atom is -0.493 e. The first kappa shape index (κ1) is 15.4. The second kappa shape index (κ2) is 7.72. The summed E-state index contributed by atoms with van der Waals surface area (Å²) in [5, 5.41) is 3.51. The quantitative estimate of drug-likeness (QED) is 0.714. The van der Waals surface area contributed by atoms with Gasteiger partial charge >= 0.3 is 0 Å². The normalized spacial score (nSPS) is 10.4. The number of unbranched alkanes of at least 4 members (excludes halogenated alkanes) is 1. The molecular weight excluding hydrogens is 258 g/mol. The Labute approximate surface area is 128 Å². The van der Waals surface area contributed by atoms with Crippen molar-refractivity contribution in [2.24, 2.45) is 0 Å². The third-order valence-electron chi connectivity index (χ3n) is 3.58. The third kappa shape index (κ3) is 4.52. The molecule has 2 heteroatoms. The van der Waals surface area contributed by atoms with E-state index < -0.39 is 0 Å². The van der Waals surface area contributed by atoms with Crippen molar-refractivity contribution in [2.75, 3.05) is 11.9 Å². The van der Waals surface area contributed by atoms with E-state index in [2.05, 4.69) is 62.5 Å². The first-order chi connectivity index (χ1) is 10.2. The van der Waals surface area contributed by atoms with E-state index >= 15 is 0 Å². The number of para-hydroxylation sites is 1. The Kier molecular flexibility index (Phi) is 5.68. The lowest BCUT2D eigenvalue weighted by Gasteiger charge is -2.14. The van der Waals surface area contributed by atoms with Crippen LogP contribution < -0.4 is 10.1 Å². The monoisotopic (exact) mass is 283 g/mol. The third-order valence-corrected chi connectivity index (χ3v) is 3.58. The van der Waals surface area contributed by atoms with Crippen molar-refractivity contribution < 1.29 is 4.74 Å². The molecule has 0 fully saturated rings. The van der Waals surface area contributed by atoms with E-state index in [0.29, 0.717) is 0 Å². The highest BCUT2D eigenvalue weighted by molar-refractivity contribution is 5.52. The van der Waals surface area contributed by atoms with Gasteiger partial charge in [-0.1, -0.05) is 49.2 Å². The summed E-state index contributed by atoms with van der Waals surface area (Å²) in [6.07, 6.45) is 2.25. The zero-order valence-electron chi connectivity index (χ0n) is 13.3. The molecule has 0 heterocycles. The van der Waals surface area contributed by atoms with Crippen molar-refractivity contribution >= 4 is 5.69 Å². The summed E-state index contributed by atoms with van der Waals surface area (Å²) in [7, 11) is 0. The first-order valence-electron chi connectivity index (χ1n) is 7.72. The molecule has 0 saturated carbocycles. The highest BCUT2D eigenvalue weighted by Gasteiger charge is 2.04. The number of nitrogens with one attached hydrogen (secondary N) is 1. The Morgan fingerprint density at radius 3 is 2.62 bits per heavy atom. The molecule has 0 bridgehead atoms. The van der Waals surface area contributed by atoms with Gasteiger partial charge in [0.25, 0.3) is 0 Å². The van der Waals surface area contributed by atoms with Crippen LogP contribution in [0.2, 0.25) is 0 Å². The zero-order valence-corrected chi connectivity index (χ0v) is 13.3. The van der Waals surface area contributed by atoms with E-state index in [4.69, 9.17) is 4.74 Å². The maximum atomic E-state index is 5.88. The van der Waals surface area contributed by atoms with Gasteiger partial charge in [0.05, 0.1) is 6.61 Å². The molecule has 112 valence electrons. The summed E-state index contributed by atoms with van der Waals surface area (Å²) in [5.41, 5.74) is 4.96. The topological polar surface area (TPSA) is 21.3 Å². The van der Waals surface area contributed by atoms with Gasteiger partial charge in [0.15, 0.2) is 0 Å². The summed E-state index contributed by atoms with van der Waals surface area (Å²) in [6.45, 7) is 8.01. The molecule has 2 aromatic carbocycles. The van der Waals surface area contributed by atoms with Crippen LogP contribution in [-0.2, 0) is 6.54 Å². The molecule has 0 radical (unpaired) electrons. The molecule has 2 rings (SSSR count). The summed E-state index contributed by atoms with van der Waals surface area (Å²) >= 11 is 0. The van der Waals surface area contributed by atoms with E-state index in [1.165, 1.54) is 22.4 Å². The molecule has 0 aliphatic heterocycles. The summed E-state index contributed by atoms with van der Waals surface area (Å²) in [5.74, 6) is 0.989. The molecule has 0 saturated heterocycles. The zero-order chi connectivity index (χ0) is 15.1. The fourth-order valence-corrected chi connectivity index (χ4v) is 2.32. The molecule has 21 heavy (non-hydrogen) atoms. The number of hydrogen-bond donors (Lipinski definition) is 1. The molecule has 0 atom stereocenters. The van der Waals surface area contributed by atoms with Gasteiger partial charge in [-0.3, -0.25) is 0 Å². The van der Waals surface area contributed by atoms with Gasteiger partial charge in [-0.15, -0.1) is 0 Å². The molecule has 1 N–H and O–H groups in total. The van der Waals surface area contributed by atoms with Crippen LogP contribution in [0, 0.1) is 13.8 Å². The van der Waals surface area contributed by atoms with Crippen molar-refractivity contribution in [3.05, 3.63) is 59.2 Å². The van der Waals surface area contributed by atoms with Crippen LogP contribution in [0.3, 0.4) is 0 Å². The van der Waals surface area contributed by atoms with E-state index in [-0.39, 0.29) is 0 Å². The molecule has 2 aromatic rings. The van der Waals surface area contributed by atoms with Crippen LogP contribution in [0.5, 0.6) is 5.75 Å². The minimum atomic E-state index is 0.784. The number of ether oxygens (including phenoxy) is 1. The van der Waals surface area contributed by atoms with Crippen molar-refractivity contribution in [2.45, 2.75) is 40.2 Å². The largest absolute Gasteiger partial charge is 0.493 e. The molecule has 0 aliphatic carbocycles. The Bertz CT molecular complexity index is 578. The van der Waals surface area contributed by atoms with Gasteiger partial charge in [-0.05, 0) is 38.0 Å². The van der Waals surface area contributed by atoms with Crippen molar-refractivity contribution in [3.8, 4) is 5.75 Å². The van der Waals surface area contributed by atoms with Crippen molar-refractivity contribution in [3.63, 3.8) is 0 Å². The molecular formula is C19H25NO. The predicted molar refractivity (Wildman–Crippen MR) is 90.1 cm³/mol. The summed E-state index contributed by atoms with van der Waals surface area (Å²) < 4.78 is 5.88. The number of anilines is 1. The van der Waals surface area contributed by atoms with Crippen LogP contribution in [0.15, 0.2) is 42.5 Å². The average molecular weight is 283 g/mol. The highest BCUT2D eigenvalue weighted by atomic mass is 16.5. The molecule has 0 aliphatic rings. The smallest absolute Gasteiger partial charge is 0.124 e. The maximum absolute atomic E-state index is 5.88. The minimum absolute atomic E-state index is 0.784. The van der Waals surface area contributed by atoms with Gasteiger partial charge in [0.1, 0.15) is 5.75 Å². The second-order valence-corrected chi connectivity index (χ2v) is 5.48. The van der Waals surface area contributed by atoms with Gasteiger partial charge in [0, 0.05) is 17.8 Å². The predicted octanol–water partition coefficient (Wildman–Crippen LogP) is 5.09. The lowest BCUT2D eigenvalue weighted by atomic mass is 10.1. The maximum Gasteiger partial charge on any atom is 0.124 e. The van der Waals surface area contributed by atoms with E-state index in [9.17, 15) is 0 Å². The Hall–Kier alpha value is -1.96. The number of hydrogen-bond acceptors (Lipinski definition) is 2. The average Bonchev–Trinajstić information content (AvgIpc) is 2.48. The lowest BCUT2D eigenvalue weighted by molar-refractivity contribution is 0.306. The van der Waals surface area contributed by atoms with Gasteiger partial charge in [-0.25, -0.2) is 0 Å². The van der Waals surface area contributed by atoms with E-state index in [0.717, 1.165) is 31.7 Å². The van der Waals surface area contributed by atoms with Crippen molar-refractivity contribution in [1.29, 1.82) is 0 Å².